The van der Waals surface area contributed by atoms with Crippen LogP contribution < -0.4 is 4.74 Å². The molecule has 16 heavy (non-hydrogen) atoms. The van der Waals surface area contributed by atoms with Gasteiger partial charge in [0.2, 0.25) is 5.82 Å². The summed E-state index contributed by atoms with van der Waals surface area (Å²) in [6.07, 6.45) is 0. The van der Waals surface area contributed by atoms with Gasteiger partial charge in [0.05, 0.1) is 11.6 Å². The Balaban J connectivity index is 2.40. The summed E-state index contributed by atoms with van der Waals surface area (Å²) in [6, 6.07) is 5.46. The summed E-state index contributed by atoms with van der Waals surface area (Å²) < 4.78 is 10.8. The van der Waals surface area contributed by atoms with Crippen LogP contribution in [0.15, 0.2) is 27.2 Å². The monoisotopic (exact) mass is 284 g/mol. The van der Waals surface area contributed by atoms with Gasteiger partial charge < -0.3 is 14.4 Å². The molecule has 0 aliphatic carbocycles. The highest BCUT2D eigenvalue weighted by Gasteiger charge is 2.09. The molecule has 0 fully saturated rings. The summed E-state index contributed by atoms with van der Waals surface area (Å²) in [5, 5.41) is 12.6. The highest BCUT2D eigenvalue weighted by molar-refractivity contribution is 9.10. The van der Waals surface area contributed by atoms with Gasteiger partial charge in [-0.25, -0.2) is 0 Å². The molecule has 6 heteroatoms. The van der Waals surface area contributed by atoms with Crippen LogP contribution in [0.5, 0.6) is 5.75 Å². The molecule has 5 nitrogen and oxygen atoms in total. The van der Waals surface area contributed by atoms with Crippen LogP contribution in [0.25, 0.3) is 11.4 Å². The van der Waals surface area contributed by atoms with Crippen molar-refractivity contribution < 1.29 is 14.4 Å². The zero-order chi connectivity index (χ0) is 11.5. The van der Waals surface area contributed by atoms with Gasteiger partial charge in [-0.1, -0.05) is 5.16 Å². The van der Waals surface area contributed by atoms with E-state index in [0.717, 1.165) is 10.0 Å². The van der Waals surface area contributed by atoms with Crippen LogP contribution in [0, 0.1) is 0 Å². The molecule has 1 heterocycles. The van der Waals surface area contributed by atoms with E-state index in [1.807, 2.05) is 12.1 Å². The molecule has 0 aliphatic heterocycles. The molecule has 0 saturated carbocycles. The minimum Gasteiger partial charge on any atom is -0.496 e. The molecular weight excluding hydrogens is 276 g/mol. The van der Waals surface area contributed by atoms with Crippen LogP contribution in [0.2, 0.25) is 0 Å². The van der Waals surface area contributed by atoms with Crippen molar-refractivity contribution in [2.24, 2.45) is 0 Å². The van der Waals surface area contributed by atoms with Crippen LogP contribution in [0.1, 0.15) is 5.89 Å². The highest BCUT2D eigenvalue weighted by Crippen LogP contribution is 2.29. The first kappa shape index (κ1) is 11.1. The number of hydrogen-bond acceptors (Lipinski definition) is 5. The summed E-state index contributed by atoms with van der Waals surface area (Å²) in [7, 11) is 1.58. The quantitative estimate of drug-likeness (QED) is 0.934. The van der Waals surface area contributed by atoms with E-state index in [2.05, 4.69) is 26.1 Å². The second-order valence-electron chi connectivity index (χ2n) is 3.02. The minimum absolute atomic E-state index is 0.192. The van der Waals surface area contributed by atoms with E-state index < -0.39 is 0 Å². The Morgan fingerprint density at radius 3 is 2.94 bits per heavy atom. The summed E-state index contributed by atoms with van der Waals surface area (Å²) >= 11 is 3.35. The molecule has 0 spiro atoms. The second kappa shape index (κ2) is 4.63. The third kappa shape index (κ3) is 2.07. The van der Waals surface area contributed by atoms with Crippen LogP contribution >= 0.6 is 15.9 Å². The minimum atomic E-state index is -0.263. The SMILES string of the molecule is COc1cc(-c2noc(CO)n2)ccc1Br. The molecule has 84 valence electrons. The van der Waals surface area contributed by atoms with E-state index in [9.17, 15) is 0 Å². The third-order valence-electron chi connectivity index (χ3n) is 2.01. The van der Waals surface area contributed by atoms with Crippen LogP contribution in [0.3, 0.4) is 0 Å². The van der Waals surface area contributed by atoms with Crippen molar-refractivity contribution in [1.82, 2.24) is 10.1 Å². The van der Waals surface area contributed by atoms with E-state index in [1.54, 1.807) is 13.2 Å². The number of hydrogen-bond donors (Lipinski definition) is 1. The smallest absolute Gasteiger partial charge is 0.252 e. The van der Waals surface area contributed by atoms with Crippen LogP contribution in [-0.2, 0) is 6.61 Å². The number of aromatic nitrogens is 2. The number of nitrogens with zero attached hydrogens (tertiary/aromatic N) is 2. The average Bonchev–Trinajstić information content (AvgIpc) is 2.78. The summed E-state index contributed by atoms with van der Waals surface area (Å²) in [5.41, 5.74) is 0.767. The maximum atomic E-state index is 8.81. The van der Waals surface area contributed by atoms with Crippen molar-refractivity contribution in [2.75, 3.05) is 7.11 Å². The lowest BCUT2D eigenvalue weighted by Gasteiger charge is -2.03. The van der Waals surface area contributed by atoms with Gasteiger partial charge >= 0.3 is 0 Å². The molecule has 0 atom stereocenters. The first-order valence-corrected chi connectivity index (χ1v) is 5.31. The molecule has 1 N–H and O–H groups in total. The first-order valence-electron chi connectivity index (χ1n) is 4.52. The zero-order valence-corrected chi connectivity index (χ0v) is 10.1. The molecule has 0 amide bonds. The molecule has 2 rings (SSSR count). The van der Waals surface area contributed by atoms with Gasteiger partial charge in [0.25, 0.3) is 5.89 Å². The summed E-state index contributed by atoms with van der Waals surface area (Å²) in [4.78, 5) is 4.01. The molecular formula is C10H9BrN2O3. The second-order valence-corrected chi connectivity index (χ2v) is 3.87. The Kier molecular flexibility index (Phi) is 3.21. The number of halogens is 1. The molecule has 1 aromatic heterocycles. The number of aliphatic hydroxyl groups is 1. The summed E-state index contributed by atoms with van der Waals surface area (Å²) in [6.45, 7) is -0.263. The molecule has 2 aromatic rings. The first-order chi connectivity index (χ1) is 7.74. The Labute approximate surface area is 100 Å². The molecule has 1 aromatic carbocycles. The van der Waals surface area contributed by atoms with Crippen molar-refractivity contribution in [2.45, 2.75) is 6.61 Å². The van der Waals surface area contributed by atoms with E-state index in [-0.39, 0.29) is 12.5 Å². The molecule has 0 bridgehead atoms. The average molecular weight is 285 g/mol. The summed E-state index contributed by atoms with van der Waals surface area (Å²) in [5.74, 6) is 1.31. The lowest BCUT2D eigenvalue weighted by Crippen LogP contribution is -1.87. The predicted molar refractivity (Wildman–Crippen MR) is 59.9 cm³/mol. The fourth-order valence-electron chi connectivity index (χ4n) is 1.24. The van der Waals surface area contributed by atoms with E-state index in [0.29, 0.717) is 11.6 Å². The van der Waals surface area contributed by atoms with Crippen molar-refractivity contribution in [3.05, 3.63) is 28.6 Å². The fourth-order valence-corrected chi connectivity index (χ4v) is 1.64. The van der Waals surface area contributed by atoms with Gasteiger partial charge in [-0.2, -0.15) is 4.98 Å². The van der Waals surface area contributed by atoms with Crippen molar-refractivity contribution in [1.29, 1.82) is 0 Å². The van der Waals surface area contributed by atoms with Gasteiger partial charge in [0.1, 0.15) is 12.4 Å². The van der Waals surface area contributed by atoms with E-state index in [1.165, 1.54) is 0 Å². The van der Waals surface area contributed by atoms with Gasteiger partial charge in [0, 0.05) is 5.56 Å². The van der Waals surface area contributed by atoms with E-state index in [4.69, 9.17) is 14.4 Å². The van der Waals surface area contributed by atoms with Crippen molar-refractivity contribution in [3.8, 4) is 17.1 Å². The number of aliphatic hydroxyl groups excluding tert-OH is 1. The van der Waals surface area contributed by atoms with Gasteiger partial charge in [0.15, 0.2) is 0 Å². The third-order valence-corrected chi connectivity index (χ3v) is 2.67. The normalized spacial score (nSPS) is 10.4. The number of ether oxygens (including phenoxy) is 1. The predicted octanol–water partition coefficient (Wildman–Crippen LogP) is 2.00. The number of benzene rings is 1. The van der Waals surface area contributed by atoms with E-state index >= 15 is 0 Å². The van der Waals surface area contributed by atoms with Gasteiger partial charge in [-0.3, -0.25) is 0 Å². The van der Waals surface area contributed by atoms with Crippen LogP contribution in [0.4, 0.5) is 0 Å². The topological polar surface area (TPSA) is 68.4 Å². The Morgan fingerprint density at radius 2 is 2.31 bits per heavy atom. The standard InChI is InChI=1S/C10H9BrN2O3/c1-15-8-4-6(2-3-7(8)11)10-12-9(5-14)16-13-10/h2-4,14H,5H2,1H3. The number of rotatable bonds is 3. The number of methoxy groups -OCH3 is 1. The molecule has 0 saturated heterocycles. The maximum Gasteiger partial charge on any atom is 0.252 e. The molecule has 0 aliphatic rings. The van der Waals surface area contributed by atoms with Gasteiger partial charge in [-0.15, -0.1) is 0 Å². The van der Waals surface area contributed by atoms with Gasteiger partial charge in [-0.05, 0) is 34.1 Å². The fraction of sp³-hybridized carbons (Fsp3) is 0.200. The molecule has 0 unspecified atom stereocenters. The molecule has 0 radical (unpaired) electrons. The Bertz CT molecular complexity index is 499. The van der Waals surface area contributed by atoms with Crippen molar-refractivity contribution >= 4 is 15.9 Å². The Morgan fingerprint density at radius 1 is 1.50 bits per heavy atom. The van der Waals surface area contributed by atoms with Crippen LogP contribution in [-0.4, -0.2) is 22.4 Å². The zero-order valence-electron chi connectivity index (χ0n) is 8.48. The Hall–Kier alpha value is -1.40. The lowest BCUT2D eigenvalue weighted by atomic mass is 10.2. The largest absolute Gasteiger partial charge is 0.496 e. The van der Waals surface area contributed by atoms with Crippen molar-refractivity contribution in [3.63, 3.8) is 0 Å². The lowest BCUT2D eigenvalue weighted by molar-refractivity contribution is 0.222. The maximum absolute atomic E-state index is 8.81. The highest BCUT2D eigenvalue weighted by atomic mass is 79.9.